The molecule has 0 aromatic heterocycles. The summed E-state index contributed by atoms with van der Waals surface area (Å²) in [6, 6.07) is 5.11. The fourth-order valence-electron chi connectivity index (χ4n) is 1.32. The Morgan fingerprint density at radius 2 is 2.06 bits per heavy atom. The molecule has 0 amide bonds. The van der Waals surface area contributed by atoms with Gasteiger partial charge in [0.15, 0.2) is 0 Å². The van der Waals surface area contributed by atoms with E-state index >= 15 is 0 Å². The Hall–Kier alpha value is -1.16. The van der Waals surface area contributed by atoms with Crippen LogP contribution in [0.2, 0.25) is 0 Å². The van der Waals surface area contributed by atoms with Gasteiger partial charge in [-0.25, -0.2) is 4.79 Å². The van der Waals surface area contributed by atoms with Crippen LogP contribution in [0.5, 0.6) is 0 Å². The fourth-order valence-corrected chi connectivity index (χ4v) is 1.71. The molecule has 0 saturated heterocycles. The molecule has 0 bridgehead atoms. The van der Waals surface area contributed by atoms with E-state index in [9.17, 15) is 9.59 Å². The van der Waals surface area contributed by atoms with Crippen LogP contribution >= 0.6 is 15.9 Å². The SMILES string of the molecule is CCOC(=O)c1ccc(Br)c(CC(C)=O)c1. The zero-order chi connectivity index (χ0) is 12.1. The summed E-state index contributed by atoms with van der Waals surface area (Å²) >= 11 is 3.34. The number of hydrogen-bond acceptors (Lipinski definition) is 3. The number of carbonyl (C=O) groups excluding carboxylic acids is 2. The van der Waals surface area contributed by atoms with Crippen LogP contribution in [0.15, 0.2) is 22.7 Å². The lowest BCUT2D eigenvalue weighted by Crippen LogP contribution is -2.06. The molecule has 0 aliphatic rings. The highest BCUT2D eigenvalue weighted by atomic mass is 79.9. The number of benzene rings is 1. The minimum absolute atomic E-state index is 0.0571. The van der Waals surface area contributed by atoms with Crippen molar-refractivity contribution < 1.29 is 14.3 Å². The molecule has 1 rings (SSSR count). The number of hydrogen-bond donors (Lipinski definition) is 0. The number of carbonyl (C=O) groups is 2. The first-order valence-electron chi connectivity index (χ1n) is 4.99. The van der Waals surface area contributed by atoms with E-state index in [0.29, 0.717) is 18.6 Å². The number of ether oxygens (including phenoxy) is 1. The van der Waals surface area contributed by atoms with Gasteiger partial charge in [-0.2, -0.15) is 0 Å². The second-order valence-corrected chi connectivity index (χ2v) is 4.26. The summed E-state index contributed by atoms with van der Waals surface area (Å²) < 4.78 is 5.72. The van der Waals surface area contributed by atoms with Crippen molar-refractivity contribution in [2.75, 3.05) is 6.61 Å². The van der Waals surface area contributed by atoms with Crippen molar-refractivity contribution in [3.63, 3.8) is 0 Å². The summed E-state index contributed by atoms with van der Waals surface area (Å²) in [5.74, 6) is -0.304. The predicted octanol–water partition coefficient (Wildman–Crippen LogP) is 2.76. The van der Waals surface area contributed by atoms with Crippen molar-refractivity contribution >= 4 is 27.7 Å². The summed E-state index contributed by atoms with van der Waals surface area (Å²) in [6.45, 7) is 3.62. The number of Topliss-reactive ketones (excluding diaryl/α,β-unsaturated/α-hetero) is 1. The molecule has 86 valence electrons. The van der Waals surface area contributed by atoms with Gasteiger partial charge in [-0.3, -0.25) is 4.79 Å². The monoisotopic (exact) mass is 284 g/mol. The Morgan fingerprint density at radius 1 is 1.38 bits per heavy atom. The van der Waals surface area contributed by atoms with Crippen LogP contribution in [0.25, 0.3) is 0 Å². The molecule has 0 heterocycles. The van der Waals surface area contributed by atoms with Crippen molar-refractivity contribution in [3.8, 4) is 0 Å². The number of ketones is 1. The summed E-state index contributed by atoms with van der Waals surface area (Å²) in [6.07, 6.45) is 0.313. The predicted molar refractivity (Wildman–Crippen MR) is 64.5 cm³/mol. The van der Waals surface area contributed by atoms with Crippen LogP contribution < -0.4 is 0 Å². The molecule has 0 unspecified atom stereocenters. The summed E-state index contributed by atoms with van der Waals surface area (Å²) in [5.41, 5.74) is 1.28. The molecule has 16 heavy (non-hydrogen) atoms. The molecule has 4 heteroatoms. The topological polar surface area (TPSA) is 43.4 Å². The lowest BCUT2D eigenvalue weighted by molar-refractivity contribution is -0.116. The number of rotatable bonds is 4. The van der Waals surface area contributed by atoms with Crippen LogP contribution in [0.4, 0.5) is 0 Å². The lowest BCUT2D eigenvalue weighted by atomic mass is 10.1. The molecule has 1 aromatic carbocycles. The average Bonchev–Trinajstić information content (AvgIpc) is 2.21. The second kappa shape index (κ2) is 5.80. The third kappa shape index (κ3) is 3.45. The molecule has 0 atom stereocenters. The fraction of sp³-hybridized carbons (Fsp3) is 0.333. The molecule has 0 radical (unpaired) electrons. The van der Waals surface area contributed by atoms with E-state index in [4.69, 9.17) is 4.74 Å². The third-order valence-electron chi connectivity index (χ3n) is 2.00. The minimum atomic E-state index is -0.361. The molecule has 0 spiro atoms. The zero-order valence-electron chi connectivity index (χ0n) is 9.25. The molecular weight excluding hydrogens is 272 g/mol. The summed E-state index contributed by atoms with van der Waals surface area (Å²) in [5, 5.41) is 0. The molecule has 0 aliphatic heterocycles. The van der Waals surface area contributed by atoms with Gasteiger partial charge < -0.3 is 4.74 Å². The van der Waals surface area contributed by atoms with E-state index < -0.39 is 0 Å². The van der Waals surface area contributed by atoms with Crippen molar-refractivity contribution in [3.05, 3.63) is 33.8 Å². The largest absolute Gasteiger partial charge is 0.462 e. The highest BCUT2D eigenvalue weighted by molar-refractivity contribution is 9.10. The van der Waals surface area contributed by atoms with Gasteiger partial charge in [-0.05, 0) is 37.6 Å². The smallest absolute Gasteiger partial charge is 0.338 e. The quantitative estimate of drug-likeness (QED) is 0.799. The van der Waals surface area contributed by atoms with Crippen LogP contribution in [-0.2, 0) is 16.0 Å². The average molecular weight is 285 g/mol. The maximum Gasteiger partial charge on any atom is 0.338 e. The van der Waals surface area contributed by atoms with Crippen molar-refractivity contribution in [2.45, 2.75) is 20.3 Å². The molecular formula is C12H13BrO3. The van der Waals surface area contributed by atoms with Gasteiger partial charge in [0.25, 0.3) is 0 Å². The van der Waals surface area contributed by atoms with E-state index in [1.165, 1.54) is 6.92 Å². The van der Waals surface area contributed by atoms with Gasteiger partial charge in [0.05, 0.1) is 12.2 Å². The Bertz CT molecular complexity index is 413. The Morgan fingerprint density at radius 3 is 2.62 bits per heavy atom. The Labute approximate surface area is 103 Å². The maximum atomic E-state index is 11.5. The van der Waals surface area contributed by atoms with E-state index in [2.05, 4.69) is 15.9 Å². The molecule has 1 aromatic rings. The highest BCUT2D eigenvalue weighted by Gasteiger charge is 2.10. The first-order valence-corrected chi connectivity index (χ1v) is 5.79. The third-order valence-corrected chi connectivity index (χ3v) is 2.77. The van der Waals surface area contributed by atoms with Crippen molar-refractivity contribution in [1.82, 2.24) is 0 Å². The van der Waals surface area contributed by atoms with E-state index in [0.717, 1.165) is 10.0 Å². The summed E-state index contributed by atoms with van der Waals surface area (Å²) in [4.78, 5) is 22.5. The Kier molecular flexibility index (Phi) is 4.68. The first-order chi connectivity index (χ1) is 7.54. The van der Waals surface area contributed by atoms with Crippen LogP contribution in [-0.4, -0.2) is 18.4 Å². The minimum Gasteiger partial charge on any atom is -0.462 e. The lowest BCUT2D eigenvalue weighted by Gasteiger charge is -2.06. The van der Waals surface area contributed by atoms with Gasteiger partial charge in [-0.1, -0.05) is 15.9 Å². The van der Waals surface area contributed by atoms with Gasteiger partial charge in [0.1, 0.15) is 5.78 Å². The second-order valence-electron chi connectivity index (χ2n) is 3.41. The van der Waals surface area contributed by atoms with Crippen LogP contribution in [0.1, 0.15) is 29.8 Å². The standard InChI is InChI=1S/C12H13BrO3/c1-3-16-12(15)9-4-5-11(13)10(7-9)6-8(2)14/h4-5,7H,3,6H2,1-2H3. The molecule has 0 N–H and O–H groups in total. The van der Waals surface area contributed by atoms with Gasteiger partial charge in [0.2, 0.25) is 0 Å². The normalized spacial score (nSPS) is 9.94. The first kappa shape index (κ1) is 12.9. The zero-order valence-corrected chi connectivity index (χ0v) is 10.8. The summed E-state index contributed by atoms with van der Waals surface area (Å²) in [7, 11) is 0. The van der Waals surface area contributed by atoms with Crippen LogP contribution in [0, 0.1) is 0 Å². The Balaban J connectivity index is 2.97. The van der Waals surface area contributed by atoms with Crippen LogP contribution in [0.3, 0.4) is 0 Å². The molecule has 3 nitrogen and oxygen atoms in total. The van der Waals surface area contributed by atoms with E-state index in [-0.39, 0.29) is 11.8 Å². The molecule has 0 saturated carbocycles. The number of halogens is 1. The van der Waals surface area contributed by atoms with Crippen molar-refractivity contribution in [1.29, 1.82) is 0 Å². The van der Waals surface area contributed by atoms with Gasteiger partial charge in [-0.15, -0.1) is 0 Å². The van der Waals surface area contributed by atoms with Gasteiger partial charge in [0, 0.05) is 10.9 Å². The van der Waals surface area contributed by atoms with Gasteiger partial charge >= 0.3 is 5.97 Å². The highest BCUT2D eigenvalue weighted by Crippen LogP contribution is 2.19. The van der Waals surface area contributed by atoms with E-state index in [1.54, 1.807) is 25.1 Å². The molecule has 0 aliphatic carbocycles. The van der Waals surface area contributed by atoms with E-state index in [1.807, 2.05) is 0 Å². The van der Waals surface area contributed by atoms with Crippen molar-refractivity contribution in [2.24, 2.45) is 0 Å². The molecule has 0 fully saturated rings. The number of esters is 1. The maximum absolute atomic E-state index is 11.5.